The van der Waals surface area contributed by atoms with Crippen LogP contribution in [0, 0.1) is 17.3 Å². The molecule has 0 bridgehead atoms. The molecule has 0 saturated heterocycles. The summed E-state index contributed by atoms with van der Waals surface area (Å²) in [6.45, 7) is 7.18. The first-order chi connectivity index (χ1) is 9.00. The Morgan fingerprint density at radius 1 is 1.32 bits per heavy atom. The summed E-state index contributed by atoms with van der Waals surface area (Å²) < 4.78 is 0. The van der Waals surface area contributed by atoms with Gasteiger partial charge in [-0.3, -0.25) is 4.98 Å². The third-order valence-corrected chi connectivity index (χ3v) is 5.64. The summed E-state index contributed by atoms with van der Waals surface area (Å²) in [5, 5.41) is 3.54. The minimum absolute atomic E-state index is 0.484. The molecule has 19 heavy (non-hydrogen) atoms. The van der Waals surface area contributed by atoms with Crippen LogP contribution < -0.4 is 5.32 Å². The number of likely N-dealkylation sites (N-methyl/N-ethyl adjacent to an activating group) is 1. The van der Waals surface area contributed by atoms with Crippen LogP contribution >= 0.6 is 11.3 Å². The average Bonchev–Trinajstić information content (AvgIpc) is 2.88. The van der Waals surface area contributed by atoms with Crippen molar-refractivity contribution in [2.45, 2.75) is 58.9 Å². The molecule has 1 saturated carbocycles. The van der Waals surface area contributed by atoms with Gasteiger partial charge >= 0.3 is 0 Å². The van der Waals surface area contributed by atoms with Crippen LogP contribution in [-0.4, -0.2) is 18.1 Å². The van der Waals surface area contributed by atoms with E-state index in [1.807, 2.05) is 11.7 Å². The summed E-state index contributed by atoms with van der Waals surface area (Å²) in [7, 11) is 2.11. The Morgan fingerprint density at radius 2 is 2.00 bits per heavy atom. The molecule has 0 spiro atoms. The summed E-state index contributed by atoms with van der Waals surface area (Å²) in [6, 6.07) is 0.626. The number of aromatic nitrogens is 1. The monoisotopic (exact) mass is 280 g/mol. The lowest BCUT2D eigenvalue weighted by Crippen LogP contribution is -2.38. The molecule has 0 amide bonds. The third-order valence-electron chi connectivity index (χ3n) is 4.84. The molecule has 1 N–H and O–H groups in total. The van der Waals surface area contributed by atoms with E-state index in [1.165, 1.54) is 30.6 Å². The first-order valence-electron chi connectivity index (χ1n) is 7.55. The maximum Gasteiger partial charge on any atom is 0.0794 e. The minimum atomic E-state index is 0.484. The maximum absolute atomic E-state index is 4.19. The van der Waals surface area contributed by atoms with E-state index >= 15 is 0 Å². The number of nitrogens with zero attached hydrogens (tertiary/aromatic N) is 1. The van der Waals surface area contributed by atoms with E-state index in [2.05, 4.69) is 38.1 Å². The normalized spacial score (nSPS) is 26.3. The smallest absolute Gasteiger partial charge is 0.0794 e. The van der Waals surface area contributed by atoms with Crippen molar-refractivity contribution in [3.8, 4) is 0 Å². The third kappa shape index (κ3) is 4.03. The fourth-order valence-corrected chi connectivity index (χ4v) is 4.11. The molecule has 0 aliphatic heterocycles. The van der Waals surface area contributed by atoms with Crippen LogP contribution in [0.15, 0.2) is 11.7 Å². The van der Waals surface area contributed by atoms with Crippen molar-refractivity contribution in [3.63, 3.8) is 0 Å². The summed E-state index contributed by atoms with van der Waals surface area (Å²) >= 11 is 1.78. The SMILES string of the molecule is CNC(Cc1cncs1)C1CCC(C(C)(C)C)CC1. The zero-order chi connectivity index (χ0) is 13.9. The molecule has 1 atom stereocenters. The molecule has 1 fully saturated rings. The van der Waals surface area contributed by atoms with Crippen LogP contribution in [0.2, 0.25) is 0 Å². The van der Waals surface area contributed by atoms with Crippen LogP contribution in [0.25, 0.3) is 0 Å². The quantitative estimate of drug-likeness (QED) is 0.897. The standard InChI is InChI=1S/C16H28N2S/c1-16(2,3)13-7-5-12(6-8-13)15(17-4)9-14-10-18-11-19-14/h10-13,15,17H,5-9H2,1-4H3. The first kappa shape index (κ1) is 15.0. The molecule has 1 aliphatic rings. The van der Waals surface area contributed by atoms with Gasteiger partial charge in [-0.25, -0.2) is 0 Å². The lowest BCUT2D eigenvalue weighted by molar-refractivity contribution is 0.134. The van der Waals surface area contributed by atoms with Gasteiger partial charge in [-0.15, -0.1) is 11.3 Å². The van der Waals surface area contributed by atoms with Gasteiger partial charge in [-0.1, -0.05) is 20.8 Å². The number of rotatable bonds is 4. The molecule has 0 radical (unpaired) electrons. The van der Waals surface area contributed by atoms with Gasteiger partial charge in [0.15, 0.2) is 0 Å². The number of thiazole rings is 1. The second-order valence-corrected chi connectivity index (χ2v) is 8.02. The van der Waals surface area contributed by atoms with Gasteiger partial charge in [0.2, 0.25) is 0 Å². The van der Waals surface area contributed by atoms with Gasteiger partial charge in [0.05, 0.1) is 5.51 Å². The highest BCUT2D eigenvalue weighted by molar-refractivity contribution is 7.09. The van der Waals surface area contributed by atoms with Gasteiger partial charge in [0.25, 0.3) is 0 Å². The maximum atomic E-state index is 4.19. The van der Waals surface area contributed by atoms with Crippen molar-refractivity contribution < 1.29 is 0 Å². The fourth-order valence-electron chi connectivity index (χ4n) is 3.45. The largest absolute Gasteiger partial charge is 0.316 e. The molecule has 1 heterocycles. The van der Waals surface area contributed by atoms with E-state index < -0.39 is 0 Å². The van der Waals surface area contributed by atoms with Gasteiger partial charge in [-0.05, 0) is 56.4 Å². The van der Waals surface area contributed by atoms with Crippen LogP contribution in [0.1, 0.15) is 51.3 Å². The average molecular weight is 280 g/mol. The Labute approximate surface area is 122 Å². The molecule has 108 valence electrons. The molecule has 0 aromatic carbocycles. The van der Waals surface area contributed by atoms with Gasteiger partial charge < -0.3 is 5.32 Å². The fraction of sp³-hybridized carbons (Fsp3) is 0.812. The van der Waals surface area contributed by atoms with E-state index in [9.17, 15) is 0 Å². The zero-order valence-electron chi connectivity index (χ0n) is 12.8. The molecule has 1 aromatic rings. The van der Waals surface area contributed by atoms with Crippen LogP contribution in [-0.2, 0) is 6.42 Å². The lowest BCUT2D eigenvalue weighted by atomic mass is 9.68. The Kier molecular flexibility index (Phi) is 5.02. The molecule has 2 rings (SSSR count). The predicted octanol–water partition coefficient (Wildman–Crippen LogP) is 4.13. The van der Waals surface area contributed by atoms with Crippen molar-refractivity contribution in [1.82, 2.24) is 10.3 Å². The molecule has 1 unspecified atom stereocenters. The highest BCUT2D eigenvalue weighted by Crippen LogP contribution is 2.41. The Hall–Kier alpha value is -0.410. The lowest BCUT2D eigenvalue weighted by Gasteiger charge is -2.39. The van der Waals surface area contributed by atoms with Crippen molar-refractivity contribution in [2.24, 2.45) is 17.3 Å². The molecule has 2 nitrogen and oxygen atoms in total. The van der Waals surface area contributed by atoms with E-state index in [0.29, 0.717) is 11.5 Å². The minimum Gasteiger partial charge on any atom is -0.316 e. The predicted molar refractivity (Wildman–Crippen MR) is 83.6 cm³/mol. The van der Waals surface area contributed by atoms with Crippen molar-refractivity contribution in [3.05, 3.63) is 16.6 Å². The summed E-state index contributed by atoms with van der Waals surface area (Å²) in [6.07, 6.45) is 8.73. The van der Waals surface area contributed by atoms with E-state index in [-0.39, 0.29) is 0 Å². The topological polar surface area (TPSA) is 24.9 Å². The van der Waals surface area contributed by atoms with E-state index in [0.717, 1.165) is 18.3 Å². The zero-order valence-corrected chi connectivity index (χ0v) is 13.6. The number of nitrogens with one attached hydrogen (secondary N) is 1. The highest BCUT2D eigenvalue weighted by Gasteiger charge is 2.32. The molecular weight excluding hydrogens is 252 g/mol. The summed E-state index contributed by atoms with van der Waals surface area (Å²) in [5.74, 6) is 1.75. The van der Waals surface area contributed by atoms with Gasteiger partial charge in [0, 0.05) is 17.1 Å². The molecule has 3 heteroatoms. The van der Waals surface area contributed by atoms with Gasteiger partial charge in [-0.2, -0.15) is 0 Å². The second kappa shape index (κ2) is 6.36. The van der Waals surface area contributed by atoms with Crippen molar-refractivity contribution in [2.75, 3.05) is 7.05 Å². The Bertz CT molecular complexity index is 359. The Morgan fingerprint density at radius 3 is 2.47 bits per heavy atom. The van der Waals surface area contributed by atoms with E-state index in [4.69, 9.17) is 0 Å². The van der Waals surface area contributed by atoms with Crippen LogP contribution in [0.5, 0.6) is 0 Å². The Balaban J connectivity index is 1.88. The highest BCUT2D eigenvalue weighted by atomic mass is 32.1. The molecule has 1 aromatic heterocycles. The van der Waals surface area contributed by atoms with Crippen molar-refractivity contribution >= 4 is 11.3 Å². The van der Waals surface area contributed by atoms with Crippen LogP contribution in [0.4, 0.5) is 0 Å². The number of hydrogen-bond donors (Lipinski definition) is 1. The molecular formula is C16H28N2S. The van der Waals surface area contributed by atoms with Crippen molar-refractivity contribution in [1.29, 1.82) is 0 Å². The second-order valence-electron chi connectivity index (χ2n) is 7.04. The summed E-state index contributed by atoms with van der Waals surface area (Å²) in [5.41, 5.74) is 2.43. The van der Waals surface area contributed by atoms with E-state index in [1.54, 1.807) is 11.3 Å². The number of hydrogen-bond acceptors (Lipinski definition) is 3. The summed E-state index contributed by atoms with van der Waals surface area (Å²) in [4.78, 5) is 5.60. The first-order valence-corrected chi connectivity index (χ1v) is 8.43. The van der Waals surface area contributed by atoms with Gasteiger partial charge in [0.1, 0.15) is 0 Å². The molecule has 1 aliphatic carbocycles. The van der Waals surface area contributed by atoms with Crippen LogP contribution in [0.3, 0.4) is 0 Å².